The molecule has 0 aromatic carbocycles. The first-order valence-electron chi connectivity index (χ1n) is 5.50. The Labute approximate surface area is 107 Å². The second kappa shape index (κ2) is 7.07. The van der Waals surface area contributed by atoms with E-state index >= 15 is 0 Å². The maximum atomic E-state index is 11.1. The third-order valence-corrected chi connectivity index (χ3v) is 2.60. The summed E-state index contributed by atoms with van der Waals surface area (Å²) in [6.07, 6.45) is -8.14. The topological polar surface area (TPSA) is 163 Å². The van der Waals surface area contributed by atoms with E-state index in [1.165, 1.54) is 0 Å². The van der Waals surface area contributed by atoms with E-state index in [2.05, 4.69) is 4.74 Å². The van der Waals surface area contributed by atoms with Crippen molar-refractivity contribution in [3.8, 4) is 0 Å². The van der Waals surface area contributed by atoms with Crippen LogP contribution in [-0.4, -0.2) is 80.7 Å². The molecule has 0 aliphatic carbocycles. The fourth-order valence-electron chi connectivity index (χ4n) is 1.50. The Balaban J connectivity index is 2.38. The number of nitrogens with zero attached hydrogens (tertiary/aromatic N) is 1. The Hall–Kier alpha value is -0.850. The number of aliphatic hydroxyl groups is 4. The van der Waals surface area contributed by atoms with Crippen LogP contribution >= 0.6 is 0 Å². The zero-order valence-electron chi connectivity index (χ0n) is 9.82. The molecule has 0 radical (unpaired) electrons. The van der Waals surface area contributed by atoms with Gasteiger partial charge in [-0.2, -0.15) is 0 Å². The number of ether oxygens (including phenoxy) is 2. The largest absolute Gasteiger partial charge is 0.762 e. The van der Waals surface area contributed by atoms with E-state index < -0.39 is 55.1 Å². The summed E-state index contributed by atoms with van der Waals surface area (Å²) in [5.41, 5.74) is 0. The smallest absolute Gasteiger partial charge is 0.307 e. The maximum Gasteiger partial charge on any atom is 0.307 e. The number of carbonyl (C=O) groups is 1. The minimum absolute atomic E-state index is 0.378. The number of hydrogen-bond donors (Lipinski definition) is 5. The predicted molar refractivity (Wildman–Crippen MR) is 56.3 cm³/mol. The minimum Gasteiger partial charge on any atom is -0.762 e. The highest BCUT2D eigenvalue weighted by atomic mass is 16.8. The fraction of sp³-hybridized carbons (Fsp3) is 0.889. The van der Waals surface area contributed by atoms with Crippen LogP contribution in [0.2, 0.25) is 0 Å². The molecule has 1 aliphatic rings. The number of carbonyl (C=O) groups excluding carboxylic acids is 1. The lowest BCUT2D eigenvalue weighted by molar-refractivity contribution is -0.287. The number of esters is 1. The van der Waals surface area contributed by atoms with Gasteiger partial charge in [-0.25, -0.2) is 0 Å². The first-order chi connectivity index (χ1) is 8.82. The van der Waals surface area contributed by atoms with Crippen LogP contribution in [0, 0.1) is 5.21 Å². The van der Waals surface area contributed by atoms with Crippen molar-refractivity contribution in [2.45, 2.75) is 37.1 Å². The molecule has 0 aromatic rings. The van der Waals surface area contributed by atoms with Crippen molar-refractivity contribution < 1.29 is 39.9 Å². The van der Waals surface area contributed by atoms with Gasteiger partial charge < -0.3 is 40.3 Å². The summed E-state index contributed by atoms with van der Waals surface area (Å²) >= 11 is 0. The van der Waals surface area contributed by atoms with Gasteiger partial charge in [0.1, 0.15) is 31.0 Å². The van der Waals surface area contributed by atoms with E-state index in [9.17, 15) is 30.4 Å². The molecule has 112 valence electrons. The second-order valence-corrected chi connectivity index (χ2v) is 4.05. The standard InChI is InChI=1S/C9H16NO9/c11-5(1-2-10(16)17)18-3-4-6(12)7(13)8(14)9(15)19-4/h4,6-9,12-16H,1-3H2/q-1/t4-,6-,7+,8-,9-/m1/s1. The van der Waals surface area contributed by atoms with Gasteiger partial charge in [-0.15, -0.1) is 0 Å². The number of hydrogen-bond acceptors (Lipinski definition) is 10. The maximum absolute atomic E-state index is 11.1. The molecule has 10 nitrogen and oxygen atoms in total. The summed E-state index contributed by atoms with van der Waals surface area (Å²) in [7, 11) is 0. The fourth-order valence-corrected chi connectivity index (χ4v) is 1.50. The summed E-state index contributed by atoms with van der Waals surface area (Å²) in [5.74, 6) is -0.833. The SMILES string of the molecule is O=C(CCN([O-])O)OC[C@H]1O[C@@H](O)[C@H](O)[C@@H](O)[C@@H]1O. The average molecular weight is 282 g/mol. The Kier molecular flexibility index (Phi) is 6.03. The molecule has 1 rings (SSSR count). The van der Waals surface area contributed by atoms with Gasteiger partial charge in [0.25, 0.3) is 0 Å². The van der Waals surface area contributed by atoms with E-state index in [0.29, 0.717) is 0 Å². The van der Waals surface area contributed by atoms with E-state index in [1.807, 2.05) is 0 Å². The monoisotopic (exact) mass is 282 g/mol. The molecule has 0 spiro atoms. The number of hydroxylamine groups is 2. The van der Waals surface area contributed by atoms with Crippen molar-refractivity contribution in [1.82, 2.24) is 5.23 Å². The van der Waals surface area contributed by atoms with Crippen LogP contribution in [0.15, 0.2) is 0 Å². The Morgan fingerprint density at radius 1 is 1.21 bits per heavy atom. The Morgan fingerprint density at radius 2 is 1.84 bits per heavy atom. The molecule has 19 heavy (non-hydrogen) atoms. The summed E-state index contributed by atoms with van der Waals surface area (Å²) < 4.78 is 9.38. The van der Waals surface area contributed by atoms with Crippen molar-refractivity contribution in [2.75, 3.05) is 13.2 Å². The van der Waals surface area contributed by atoms with E-state index in [1.54, 1.807) is 0 Å². The van der Waals surface area contributed by atoms with E-state index in [-0.39, 0.29) is 6.42 Å². The molecule has 1 saturated heterocycles. The lowest BCUT2D eigenvalue weighted by Gasteiger charge is -2.37. The molecule has 0 unspecified atom stereocenters. The molecule has 0 aromatic heterocycles. The lowest BCUT2D eigenvalue weighted by atomic mass is 9.99. The molecule has 5 atom stereocenters. The van der Waals surface area contributed by atoms with Gasteiger partial charge in [0.05, 0.1) is 6.42 Å². The zero-order valence-corrected chi connectivity index (χ0v) is 9.82. The third kappa shape index (κ3) is 4.63. The molecule has 0 bridgehead atoms. The molecule has 0 saturated carbocycles. The average Bonchev–Trinajstić information content (AvgIpc) is 2.36. The van der Waals surface area contributed by atoms with Crippen molar-refractivity contribution >= 4 is 5.97 Å². The summed E-state index contributed by atoms with van der Waals surface area (Å²) in [4.78, 5) is 11.1. The summed E-state index contributed by atoms with van der Waals surface area (Å²) in [6.45, 7) is -0.956. The van der Waals surface area contributed by atoms with Gasteiger partial charge in [-0.1, -0.05) is 0 Å². The van der Waals surface area contributed by atoms with Gasteiger partial charge in [-0.3, -0.25) is 10.0 Å². The molecular weight excluding hydrogens is 266 g/mol. The normalized spacial score (nSPS) is 35.4. The van der Waals surface area contributed by atoms with Crippen molar-refractivity contribution in [3.63, 3.8) is 0 Å². The van der Waals surface area contributed by atoms with Crippen LogP contribution < -0.4 is 0 Å². The van der Waals surface area contributed by atoms with Crippen LogP contribution in [0.1, 0.15) is 6.42 Å². The molecule has 10 heteroatoms. The van der Waals surface area contributed by atoms with Crippen LogP contribution in [0.4, 0.5) is 0 Å². The van der Waals surface area contributed by atoms with Crippen LogP contribution in [0.3, 0.4) is 0 Å². The summed E-state index contributed by atoms with van der Waals surface area (Å²) in [5, 5.41) is 55.3. The highest BCUT2D eigenvalue weighted by Gasteiger charge is 2.43. The van der Waals surface area contributed by atoms with Crippen LogP contribution in [-0.2, 0) is 14.3 Å². The molecule has 1 fully saturated rings. The van der Waals surface area contributed by atoms with E-state index in [4.69, 9.17) is 9.94 Å². The molecular formula is C9H16NO9-. The molecule has 5 N–H and O–H groups in total. The number of aliphatic hydroxyl groups excluding tert-OH is 4. The molecule has 1 heterocycles. The minimum atomic E-state index is -1.71. The van der Waals surface area contributed by atoms with Crippen molar-refractivity contribution in [2.24, 2.45) is 0 Å². The quantitative estimate of drug-likeness (QED) is 0.258. The molecule has 1 aliphatic heterocycles. The highest BCUT2D eigenvalue weighted by Crippen LogP contribution is 2.20. The zero-order chi connectivity index (χ0) is 14.6. The number of rotatable bonds is 5. The Bertz CT molecular complexity index is 299. The van der Waals surface area contributed by atoms with Crippen molar-refractivity contribution in [1.29, 1.82) is 0 Å². The van der Waals surface area contributed by atoms with E-state index in [0.717, 1.165) is 0 Å². The first kappa shape index (κ1) is 16.2. The first-order valence-corrected chi connectivity index (χ1v) is 5.50. The predicted octanol–water partition coefficient (Wildman–Crippen LogP) is -3.09. The van der Waals surface area contributed by atoms with Gasteiger partial charge in [0.2, 0.25) is 0 Å². The second-order valence-electron chi connectivity index (χ2n) is 4.05. The highest BCUT2D eigenvalue weighted by molar-refractivity contribution is 5.69. The lowest BCUT2D eigenvalue weighted by Crippen LogP contribution is -2.58. The summed E-state index contributed by atoms with van der Waals surface area (Å²) in [6, 6.07) is 0. The third-order valence-electron chi connectivity index (χ3n) is 2.60. The van der Waals surface area contributed by atoms with Crippen LogP contribution in [0.5, 0.6) is 0 Å². The van der Waals surface area contributed by atoms with Crippen molar-refractivity contribution in [3.05, 3.63) is 5.21 Å². The van der Waals surface area contributed by atoms with Gasteiger partial charge in [0.15, 0.2) is 6.29 Å². The molecule has 0 amide bonds. The van der Waals surface area contributed by atoms with Crippen LogP contribution in [0.25, 0.3) is 0 Å². The van der Waals surface area contributed by atoms with Gasteiger partial charge >= 0.3 is 5.97 Å². The van der Waals surface area contributed by atoms with Gasteiger partial charge in [-0.05, 0) is 0 Å². The van der Waals surface area contributed by atoms with Gasteiger partial charge in [0, 0.05) is 6.54 Å². The Morgan fingerprint density at radius 3 is 2.42 bits per heavy atom.